The number of nitrogens with zero attached hydrogens (tertiary/aromatic N) is 4. The third kappa shape index (κ3) is 5.31. The topological polar surface area (TPSA) is 58.4 Å². The average molecular weight is 448 g/mol. The summed E-state index contributed by atoms with van der Waals surface area (Å²) in [5.74, 6) is 0.0962. The minimum atomic E-state index is -4.43. The van der Waals surface area contributed by atoms with Gasteiger partial charge in [-0.2, -0.15) is 18.3 Å². The Hall–Kier alpha value is -2.84. The normalized spacial score (nSPS) is 20.6. The van der Waals surface area contributed by atoms with E-state index in [2.05, 4.69) is 5.10 Å². The number of likely N-dealkylation sites (tertiary alicyclic amines) is 2. The van der Waals surface area contributed by atoms with Crippen LogP contribution in [0.1, 0.15) is 36.8 Å². The molecule has 3 heterocycles. The standard InChI is InChI=1S/C23H27F3N4O2/c24-23(25,26)20-4-1-3-18(13-20)14-29-16-19(5-6-21(29)31)22(32)28-11-7-17(8-12-28)15-30-10-2-9-27-30/h1-4,9-10,13,17,19H,5-8,11-12,14-16H2/t19-/m1/s1. The molecular weight excluding hydrogens is 421 g/mol. The smallest absolute Gasteiger partial charge is 0.342 e. The van der Waals surface area contributed by atoms with E-state index in [0.29, 0.717) is 31.0 Å². The lowest BCUT2D eigenvalue weighted by Gasteiger charge is -2.37. The largest absolute Gasteiger partial charge is 0.416 e. The molecule has 2 saturated heterocycles. The fourth-order valence-corrected chi connectivity index (χ4v) is 4.60. The number of piperidine rings is 2. The van der Waals surface area contributed by atoms with Crippen LogP contribution in [0.2, 0.25) is 0 Å². The molecule has 2 fully saturated rings. The van der Waals surface area contributed by atoms with Gasteiger partial charge < -0.3 is 9.80 Å². The first kappa shape index (κ1) is 22.4. The Kier molecular flexibility index (Phi) is 6.53. The summed E-state index contributed by atoms with van der Waals surface area (Å²) in [4.78, 5) is 28.9. The van der Waals surface area contributed by atoms with E-state index < -0.39 is 11.7 Å². The van der Waals surface area contributed by atoms with Crippen LogP contribution in [-0.2, 0) is 28.9 Å². The second-order valence-electron chi connectivity index (χ2n) is 8.70. The molecule has 0 radical (unpaired) electrons. The van der Waals surface area contributed by atoms with E-state index in [4.69, 9.17) is 0 Å². The van der Waals surface area contributed by atoms with Crippen LogP contribution >= 0.6 is 0 Å². The highest BCUT2D eigenvalue weighted by molar-refractivity contribution is 5.84. The van der Waals surface area contributed by atoms with Gasteiger partial charge in [0.2, 0.25) is 11.8 Å². The number of alkyl halides is 3. The van der Waals surface area contributed by atoms with Crippen molar-refractivity contribution in [3.8, 4) is 0 Å². The molecular formula is C23H27F3N4O2. The highest BCUT2D eigenvalue weighted by Gasteiger charge is 2.35. The first-order valence-electron chi connectivity index (χ1n) is 11.0. The second kappa shape index (κ2) is 9.34. The van der Waals surface area contributed by atoms with E-state index in [0.717, 1.165) is 31.5 Å². The van der Waals surface area contributed by atoms with Crippen molar-refractivity contribution < 1.29 is 22.8 Å². The fraction of sp³-hybridized carbons (Fsp3) is 0.522. The predicted octanol–water partition coefficient (Wildman–Crippen LogP) is 3.58. The third-order valence-corrected chi connectivity index (χ3v) is 6.41. The Morgan fingerprint density at radius 1 is 1.12 bits per heavy atom. The van der Waals surface area contributed by atoms with Crippen LogP contribution in [0.3, 0.4) is 0 Å². The van der Waals surface area contributed by atoms with E-state index in [9.17, 15) is 22.8 Å². The highest BCUT2D eigenvalue weighted by Crippen LogP contribution is 2.30. The summed E-state index contributed by atoms with van der Waals surface area (Å²) in [6.45, 7) is 2.54. The summed E-state index contributed by atoms with van der Waals surface area (Å²) in [5, 5.41) is 4.24. The van der Waals surface area contributed by atoms with Crippen molar-refractivity contribution in [2.24, 2.45) is 11.8 Å². The van der Waals surface area contributed by atoms with Gasteiger partial charge in [-0.05, 0) is 48.9 Å². The number of amides is 2. The molecule has 2 amide bonds. The van der Waals surface area contributed by atoms with Gasteiger partial charge in [0.25, 0.3) is 0 Å². The van der Waals surface area contributed by atoms with E-state index in [-0.39, 0.29) is 37.2 Å². The van der Waals surface area contributed by atoms with E-state index in [1.54, 1.807) is 12.3 Å². The quantitative estimate of drug-likeness (QED) is 0.703. The van der Waals surface area contributed by atoms with Gasteiger partial charge in [0, 0.05) is 51.5 Å². The van der Waals surface area contributed by atoms with Crippen molar-refractivity contribution in [1.29, 1.82) is 0 Å². The summed E-state index contributed by atoms with van der Waals surface area (Å²) in [6, 6.07) is 6.92. The van der Waals surface area contributed by atoms with Crippen molar-refractivity contribution >= 4 is 11.8 Å². The van der Waals surface area contributed by atoms with Crippen LogP contribution in [0, 0.1) is 11.8 Å². The molecule has 0 bridgehead atoms. The van der Waals surface area contributed by atoms with Crippen LogP contribution < -0.4 is 0 Å². The van der Waals surface area contributed by atoms with Crippen molar-refractivity contribution in [2.45, 2.75) is 44.9 Å². The van der Waals surface area contributed by atoms with Crippen LogP contribution in [0.25, 0.3) is 0 Å². The van der Waals surface area contributed by atoms with Crippen LogP contribution in [-0.4, -0.2) is 51.0 Å². The van der Waals surface area contributed by atoms with Gasteiger partial charge in [-0.3, -0.25) is 14.3 Å². The first-order chi connectivity index (χ1) is 15.3. The number of carbonyl (C=O) groups is 2. The van der Waals surface area contributed by atoms with Crippen molar-refractivity contribution in [1.82, 2.24) is 19.6 Å². The number of hydrogen-bond acceptors (Lipinski definition) is 3. The Morgan fingerprint density at radius 2 is 1.91 bits per heavy atom. The number of benzene rings is 1. The van der Waals surface area contributed by atoms with Crippen molar-refractivity contribution in [2.75, 3.05) is 19.6 Å². The molecule has 1 aromatic heterocycles. The molecule has 1 atom stereocenters. The average Bonchev–Trinajstić information content (AvgIpc) is 3.28. The number of aromatic nitrogens is 2. The monoisotopic (exact) mass is 448 g/mol. The molecule has 9 heteroatoms. The van der Waals surface area contributed by atoms with E-state index in [1.807, 2.05) is 21.8 Å². The molecule has 6 nitrogen and oxygen atoms in total. The van der Waals surface area contributed by atoms with Gasteiger partial charge in [0.05, 0.1) is 11.5 Å². The zero-order valence-corrected chi connectivity index (χ0v) is 17.8. The van der Waals surface area contributed by atoms with Crippen LogP contribution in [0.5, 0.6) is 0 Å². The van der Waals surface area contributed by atoms with E-state index in [1.165, 1.54) is 11.0 Å². The predicted molar refractivity (Wildman–Crippen MR) is 111 cm³/mol. The first-order valence-corrected chi connectivity index (χ1v) is 11.0. The fourth-order valence-electron chi connectivity index (χ4n) is 4.60. The number of rotatable bonds is 5. The molecule has 32 heavy (non-hydrogen) atoms. The molecule has 0 aliphatic carbocycles. The summed E-state index contributed by atoms with van der Waals surface area (Å²) < 4.78 is 40.9. The Balaban J connectivity index is 1.33. The van der Waals surface area contributed by atoms with Gasteiger partial charge in [-0.15, -0.1) is 0 Å². The minimum absolute atomic E-state index is 0.0454. The molecule has 2 aromatic rings. The number of hydrogen-bond donors (Lipinski definition) is 0. The molecule has 4 rings (SSSR count). The number of carbonyl (C=O) groups excluding carboxylic acids is 2. The lowest BCUT2D eigenvalue weighted by atomic mass is 9.92. The Morgan fingerprint density at radius 3 is 2.59 bits per heavy atom. The third-order valence-electron chi connectivity index (χ3n) is 6.41. The van der Waals surface area contributed by atoms with Gasteiger partial charge in [0.15, 0.2) is 0 Å². The SMILES string of the molecule is O=C1CC[C@@H](C(=O)N2CCC(Cn3cccn3)CC2)CN1Cc1cccc(C(F)(F)F)c1. The molecule has 2 aliphatic heterocycles. The maximum Gasteiger partial charge on any atom is 0.416 e. The lowest BCUT2D eigenvalue weighted by Crippen LogP contribution is -2.48. The molecule has 0 spiro atoms. The molecule has 0 saturated carbocycles. The number of halogens is 3. The van der Waals surface area contributed by atoms with Crippen LogP contribution in [0.4, 0.5) is 13.2 Å². The van der Waals surface area contributed by atoms with Crippen molar-refractivity contribution in [3.63, 3.8) is 0 Å². The maximum atomic E-state index is 13.1. The zero-order valence-electron chi connectivity index (χ0n) is 17.8. The highest BCUT2D eigenvalue weighted by atomic mass is 19.4. The minimum Gasteiger partial charge on any atom is -0.342 e. The van der Waals surface area contributed by atoms with Gasteiger partial charge >= 0.3 is 6.18 Å². The lowest BCUT2D eigenvalue weighted by molar-refractivity contribution is -0.144. The second-order valence-corrected chi connectivity index (χ2v) is 8.70. The summed E-state index contributed by atoms with van der Waals surface area (Å²) in [5.41, 5.74) is -0.314. The molecule has 0 unspecified atom stereocenters. The van der Waals surface area contributed by atoms with Gasteiger partial charge in [-0.25, -0.2) is 0 Å². The summed E-state index contributed by atoms with van der Waals surface area (Å²) in [7, 11) is 0. The molecule has 1 aromatic carbocycles. The Bertz CT molecular complexity index is 937. The van der Waals surface area contributed by atoms with E-state index >= 15 is 0 Å². The molecule has 2 aliphatic rings. The van der Waals surface area contributed by atoms with Crippen molar-refractivity contribution in [3.05, 3.63) is 53.9 Å². The Labute approximate surface area is 185 Å². The zero-order chi connectivity index (χ0) is 22.7. The maximum absolute atomic E-state index is 13.1. The van der Waals surface area contributed by atoms with Gasteiger partial charge in [0.1, 0.15) is 0 Å². The van der Waals surface area contributed by atoms with Gasteiger partial charge in [-0.1, -0.05) is 12.1 Å². The molecule has 172 valence electrons. The summed E-state index contributed by atoms with van der Waals surface area (Å²) in [6.07, 6.45) is 1.82. The molecule has 0 N–H and O–H groups in total. The summed E-state index contributed by atoms with van der Waals surface area (Å²) >= 11 is 0. The van der Waals surface area contributed by atoms with Crippen LogP contribution in [0.15, 0.2) is 42.7 Å².